The van der Waals surface area contributed by atoms with Crippen LogP contribution >= 0.6 is 0 Å². The predicted molar refractivity (Wildman–Crippen MR) is 45.4 cm³/mol. The Morgan fingerprint density at radius 3 is 2.00 bits per heavy atom. The van der Waals surface area contributed by atoms with Crippen molar-refractivity contribution in [2.24, 2.45) is 5.41 Å². The van der Waals surface area contributed by atoms with Gasteiger partial charge in [0.2, 0.25) is 11.8 Å². The van der Waals surface area contributed by atoms with Crippen LogP contribution in [-0.2, 0) is 9.59 Å². The van der Waals surface area contributed by atoms with E-state index in [1.807, 2.05) is 20.8 Å². The summed E-state index contributed by atoms with van der Waals surface area (Å²) >= 11 is 0. The Hall–Kier alpha value is -0.860. The lowest BCUT2D eigenvalue weighted by atomic mass is 9.82. The van der Waals surface area contributed by atoms with Gasteiger partial charge in [-0.15, -0.1) is 0 Å². The van der Waals surface area contributed by atoms with Gasteiger partial charge in [0.25, 0.3) is 0 Å². The quantitative estimate of drug-likeness (QED) is 0.553. The molecule has 0 unspecified atom stereocenters. The number of piperidine rings is 1. The van der Waals surface area contributed by atoms with Gasteiger partial charge in [-0.05, 0) is 12.3 Å². The number of nitrogens with zero attached hydrogens (tertiary/aromatic N) is 1. The van der Waals surface area contributed by atoms with Crippen LogP contribution in [0.1, 0.15) is 33.6 Å². The fourth-order valence-corrected chi connectivity index (χ4v) is 1.56. The van der Waals surface area contributed by atoms with Gasteiger partial charge in [-0.25, -0.2) is 0 Å². The van der Waals surface area contributed by atoms with Crippen molar-refractivity contribution >= 4 is 11.8 Å². The van der Waals surface area contributed by atoms with Gasteiger partial charge >= 0.3 is 0 Å². The van der Waals surface area contributed by atoms with E-state index in [0.717, 1.165) is 0 Å². The maximum atomic E-state index is 11.4. The molecule has 0 N–H and O–H groups in total. The van der Waals surface area contributed by atoms with Crippen LogP contribution in [0.25, 0.3) is 0 Å². The molecule has 1 aliphatic heterocycles. The van der Waals surface area contributed by atoms with Crippen LogP contribution in [0.2, 0.25) is 0 Å². The highest BCUT2D eigenvalue weighted by Crippen LogP contribution is 2.31. The standard InChI is InChI=1S/C9H15NO2/c1-4-10-7(11)5-9(2,3)6-8(10)12/h4-6H2,1-3H3. The second kappa shape index (κ2) is 2.88. The van der Waals surface area contributed by atoms with Crippen LogP contribution in [0.3, 0.4) is 0 Å². The van der Waals surface area contributed by atoms with E-state index in [9.17, 15) is 9.59 Å². The zero-order valence-corrected chi connectivity index (χ0v) is 7.89. The number of hydrogen-bond acceptors (Lipinski definition) is 2. The number of likely N-dealkylation sites (tertiary alicyclic amines) is 1. The van der Waals surface area contributed by atoms with Crippen molar-refractivity contribution in [3.05, 3.63) is 0 Å². The molecule has 1 aliphatic rings. The lowest BCUT2D eigenvalue weighted by molar-refractivity contribution is -0.152. The fourth-order valence-electron chi connectivity index (χ4n) is 1.56. The summed E-state index contributed by atoms with van der Waals surface area (Å²) in [5.74, 6) is -0.0579. The van der Waals surface area contributed by atoms with E-state index in [-0.39, 0.29) is 17.2 Å². The molecule has 68 valence electrons. The van der Waals surface area contributed by atoms with E-state index in [0.29, 0.717) is 19.4 Å². The Kier molecular flexibility index (Phi) is 2.22. The van der Waals surface area contributed by atoms with Crippen molar-refractivity contribution in [1.29, 1.82) is 0 Å². The van der Waals surface area contributed by atoms with Gasteiger partial charge < -0.3 is 0 Å². The molecule has 1 fully saturated rings. The lowest BCUT2D eigenvalue weighted by Gasteiger charge is -2.33. The van der Waals surface area contributed by atoms with Gasteiger partial charge in [0.05, 0.1) is 0 Å². The molecule has 0 aliphatic carbocycles. The van der Waals surface area contributed by atoms with Crippen LogP contribution in [0.15, 0.2) is 0 Å². The summed E-state index contributed by atoms with van der Waals surface area (Å²) in [5.41, 5.74) is -0.139. The third-order valence-corrected chi connectivity index (χ3v) is 2.18. The molecule has 0 aromatic carbocycles. The predicted octanol–water partition coefficient (Wildman–Crippen LogP) is 1.18. The SMILES string of the molecule is CCN1C(=O)CC(C)(C)CC1=O. The fraction of sp³-hybridized carbons (Fsp3) is 0.778. The molecular formula is C9H15NO2. The molecule has 0 atom stereocenters. The molecule has 1 heterocycles. The second-order valence-electron chi connectivity index (χ2n) is 4.05. The molecule has 0 bridgehead atoms. The monoisotopic (exact) mass is 169 g/mol. The van der Waals surface area contributed by atoms with Crippen LogP contribution in [0.5, 0.6) is 0 Å². The Morgan fingerprint density at radius 2 is 1.67 bits per heavy atom. The van der Waals surface area contributed by atoms with Crippen molar-refractivity contribution in [1.82, 2.24) is 4.90 Å². The summed E-state index contributed by atoms with van der Waals surface area (Å²) in [6.07, 6.45) is 0.985. The maximum Gasteiger partial charge on any atom is 0.229 e. The van der Waals surface area contributed by atoms with E-state index < -0.39 is 0 Å². The number of hydrogen-bond donors (Lipinski definition) is 0. The van der Waals surface area contributed by atoms with E-state index in [1.165, 1.54) is 4.90 Å². The van der Waals surface area contributed by atoms with E-state index in [2.05, 4.69) is 0 Å². The number of carbonyl (C=O) groups excluding carboxylic acids is 2. The van der Waals surface area contributed by atoms with Crippen LogP contribution in [0, 0.1) is 5.41 Å². The minimum absolute atomic E-state index is 0.0289. The average molecular weight is 169 g/mol. The Labute approximate surface area is 72.7 Å². The Balaban J connectivity index is 2.77. The maximum absolute atomic E-state index is 11.4. The molecule has 3 heteroatoms. The van der Waals surface area contributed by atoms with E-state index in [4.69, 9.17) is 0 Å². The Morgan fingerprint density at radius 1 is 1.25 bits per heavy atom. The van der Waals surface area contributed by atoms with Crippen molar-refractivity contribution in [2.75, 3.05) is 6.54 Å². The summed E-state index contributed by atoms with van der Waals surface area (Å²) in [6.45, 7) is 6.24. The molecular weight excluding hydrogens is 154 g/mol. The summed E-state index contributed by atoms with van der Waals surface area (Å²) in [6, 6.07) is 0. The third-order valence-electron chi connectivity index (χ3n) is 2.18. The molecule has 0 aromatic rings. The zero-order chi connectivity index (χ0) is 9.35. The first-order valence-electron chi connectivity index (χ1n) is 4.29. The minimum atomic E-state index is -0.139. The van der Waals surface area contributed by atoms with Gasteiger partial charge in [0.1, 0.15) is 0 Å². The van der Waals surface area contributed by atoms with Crippen molar-refractivity contribution in [3.8, 4) is 0 Å². The van der Waals surface area contributed by atoms with E-state index in [1.54, 1.807) is 0 Å². The third kappa shape index (κ3) is 1.65. The largest absolute Gasteiger partial charge is 0.283 e. The first-order valence-corrected chi connectivity index (χ1v) is 4.29. The number of carbonyl (C=O) groups is 2. The van der Waals surface area contributed by atoms with Crippen LogP contribution < -0.4 is 0 Å². The molecule has 0 aromatic heterocycles. The molecule has 3 nitrogen and oxygen atoms in total. The molecule has 12 heavy (non-hydrogen) atoms. The molecule has 0 saturated carbocycles. The van der Waals surface area contributed by atoms with Crippen LogP contribution in [0.4, 0.5) is 0 Å². The van der Waals surface area contributed by atoms with Gasteiger partial charge in [0.15, 0.2) is 0 Å². The van der Waals surface area contributed by atoms with Gasteiger partial charge in [-0.1, -0.05) is 13.8 Å². The molecule has 2 amide bonds. The number of amides is 2. The van der Waals surface area contributed by atoms with Gasteiger partial charge in [-0.3, -0.25) is 14.5 Å². The minimum Gasteiger partial charge on any atom is -0.283 e. The number of imide groups is 1. The van der Waals surface area contributed by atoms with E-state index >= 15 is 0 Å². The number of rotatable bonds is 1. The van der Waals surface area contributed by atoms with Crippen molar-refractivity contribution in [2.45, 2.75) is 33.6 Å². The lowest BCUT2D eigenvalue weighted by Crippen LogP contribution is -2.45. The first kappa shape index (κ1) is 9.23. The average Bonchev–Trinajstić information content (AvgIpc) is 1.82. The second-order valence-corrected chi connectivity index (χ2v) is 4.05. The summed E-state index contributed by atoms with van der Waals surface area (Å²) in [4.78, 5) is 24.1. The topological polar surface area (TPSA) is 37.4 Å². The normalized spacial score (nSPS) is 23.1. The zero-order valence-electron chi connectivity index (χ0n) is 7.89. The highest BCUT2D eigenvalue weighted by molar-refractivity contribution is 5.98. The van der Waals surface area contributed by atoms with Gasteiger partial charge in [0, 0.05) is 19.4 Å². The summed E-state index contributed by atoms with van der Waals surface area (Å²) in [5, 5.41) is 0. The van der Waals surface area contributed by atoms with Crippen LogP contribution in [-0.4, -0.2) is 23.3 Å². The highest BCUT2D eigenvalue weighted by atomic mass is 16.2. The highest BCUT2D eigenvalue weighted by Gasteiger charge is 2.36. The van der Waals surface area contributed by atoms with Crippen molar-refractivity contribution in [3.63, 3.8) is 0 Å². The van der Waals surface area contributed by atoms with Gasteiger partial charge in [-0.2, -0.15) is 0 Å². The molecule has 1 saturated heterocycles. The molecule has 0 radical (unpaired) electrons. The Bertz CT molecular complexity index is 201. The first-order chi connectivity index (χ1) is 5.46. The summed E-state index contributed by atoms with van der Waals surface area (Å²) in [7, 11) is 0. The molecule has 0 spiro atoms. The summed E-state index contributed by atoms with van der Waals surface area (Å²) < 4.78 is 0. The molecule has 1 rings (SSSR count). The van der Waals surface area contributed by atoms with Crippen molar-refractivity contribution < 1.29 is 9.59 Å². The smallest absolute Gasteiger partial charge is 0.229 e.